The highest BCUT2D eigenvalue weighted by Gasteiger charge is 2.19. The average Bonchev–Trinajstić information content (AvgIpc) is 2.42. The molecule has 0 aliphatic carbocycles. The maximum Gasteiger partial charge on any atom is 0.233 e. The zero-order chi connectivity index (χ0) is 13.7. The Balaban J connectivity index is 1.87. The first kappa shape index (κ1) is 13.9. The van der Waals surface area contributed by atoms with Crippen LogP contribution in [-0.2, 0) is 9.59 Å². The standard InChI is InChI=1S/C14H17ClN2O2/c15-11-6-2-3-7-12(11)16-13(18)10-14(19)17-8-4-1-5-9-17/h2-3,6-7H,1,4-5,8-10H2,(H,16,18). The van der Waals surface area contributed by atoms with Crippen molar-refractivity contribution in [2.45, 2.75) is 25.7 Å². The van der Waals surface area contributed by atoms with E-state index in [9.17, 15) is 9.59 Å². The number of nitrogens with zero attached hydrogens (tertiary/aromatic N) is 1. The number of anilines is 1. The van der Waals surface area contributed by atoms with Gasteiger partial charge in [0.25, 0.3) is 0 Å². The Labute approximate surface area is 117 Å². The number of para-hydroxylation sites is 1. The second kappa shape index (κ2) is 6.57. The molecular formula is C14H17ClN2O2. The minimum atomic E-state index is -0.316. The third kappa shape index (κ3) is 3.96. The van der Waals surface area contributed by atoms with Crippen LogP contribution in [0.15, 0.2) is 24.3 Å². The number of benzene rings is 1. The second-order valence-electron chi connectivity index (χ2n) is 4.65. The summed E-state index contributed by atoms with van der Waals surface area (Å²) >= 11 is 5.94. The van der Waals surface area contributed by atoms with Crippen molar-refractivity contribution in [3.8, 4) is 0 Å². The van der Waals surface area contributed by atoms with E-state index in [1.54, 1.807) is 29.2 Å². The van der Waals surface area contributed by atoms with Crippen LogP contribution in [0.2, 0.25) is 5.02 Å². The van der Waals surface area contributed by atoms with Gasteiger partial charge in [0, 0.05) is 13.1 Å². The van der Waals surface area contributed by atoms with E-state index in [1.807, 2.05) is 0 Å². The molecule has 1 heterocycles. The van der Waals surface area contributed by atoms with Crippen LogP contribution in [0.4, 0.5) is 5.69 Å². The summed E-state index contributed by atoms with van der Waals surface area (Å²) in [4.78, 5) is 25.5. The van der Waals surface area contributed by atoms with E-state index >= 15 is 0 Å². The summed E-state index contributed by atoms with van der Waals surface area (Å²) in [6.45, 7) is 1.52. The molecule has 4 nitrogen and oxygen atoms in total. The van der Waals surface area contributed by atoms with Gasteiger partial charge in [-0.3, -0.25) is 9.59 Å². The van der Waals surface area contributed by atoms with E-state index in [2.05, 4.69) is 5.32 Å². The minimum absolute atomic E-state index is 0.107. The van der Waals surface area contributed by atoms with E-state index in [1.165, 1.54) is 0 Å². The van der Waals surface area contributed by atoms with Crippen LogP contribution in [0, 0.1) is 0 Å². The molecule has 19 heavy (non-hydrogen) atoms. The first-order chi connectivity index (χ1) is 9.16. The Kier molecular flexibility index (Phi) is 4.80. The lowest BCUT2D eigenvalue weighted by Crippen LogP contribution is -2.37. The van der Waals surface area contributed by atoms with Gasteiger partial charge in [0.1, 0.15) is 6.42 Å². The first-order valence-electron chi connectivity index (χ1n) is 6.49. The molecule has 0 saturated carbocycles. The fourth-order valence-electron chi connectivity index (χ4n) is 2.15. The van der Waals surface area contributed by atoms with E-state index < -0.39 is 0 Å². The number of rotatable bonds is 3. The van der Waals surface area contributed by atoms with Gasteiger partial charge in [-0.15, -0.1) is 0 Å². The van der Waals surface area contributed by atoms with Gasteiger partial charge in [0.05, 0.1) is 10.7 Å². The molecule has 0 radical (unpaired) electrons. The molecule has 102 valence electrons. The summed E-state index contributed by atoms with van der Waals surface area (Å²) < 4.78 is 0. The number of nitrogens with one attached hydrogen (secondary N) is 1. The number of halogens is 1. The normalized spacial score (nSPS) is 15.1. The van der Waals surface area contributed by atoms with Crippen molar-refractivity contribution in [1.82, 2.24) is 4.90 Å². The Hall–Kier alpha value is -1.55. The molecule has 0 spiro atoms. The number of hydrogen-bond acceptors (Lipinski definition) is 2. The Morgan fingerprint density at radius 1 is 1.16 bits per heavy atom. The smallest absolute Gasteiger partial charge is 0.233 e. The molecule has 1 aliphatic rings. The topological polar surface area (TPSA) is 49.4 Å². The minimum Gasteiger partial charge on any atom is -0.342 e. The third-order valence-electron chi connectivity index (χ3n) is 3.17. The molecule has 5 heteroatoms. The van der Waals surface area contributed by atoms with Crippen molar-refractivity contribution in [1.29, 1.82) is 0 Å². The summed E-state index contributed by atoms with van der Waals surface area (Å²) in [6, 6.07) is 6.99. The van der Waals surface area contributed by atoms with Crippen LogP contribution in [0.5, 0.6) is 0 Å². The van der Waals surface area contributed by atoms with Gasteiger partial charge < -0.3 is 10.2 Å². The fraction of sp³-hybridized carbons (Fsp3) is 0.429. The molecular weight excluding hydrogens is 264 g/mol. The predicted molar refractivity (Wildman–Crippen MR) is 75.1 cm³/mol. The predicted octanol–water partition coefficient (Wildman–Crippen LogP) is 2.68. The Bertz CT molecular complexity index is 470. The lowest BCUT2D eigenvalue weighted by atomic mass is 10.1. The second-order valence-corrected chi connectivity index (χ2v) is 5.05. The van der Waals surface area contributed by atoms with Crippen molar-refractivity contribution in [2.75, 3.05) is 18.4 Å². The summed E-state index contributed by atoms with van der Waals surface area (Å²) in [7, 11) is 0. The van der Waals surface area contributed by atoms with Crippen molar-refractivity contribution < 1.29 is 9.59 Å². The lowest BCUT2D eigenvalue weighted by Gasteiger charge is -2.26. The Morgan fingerprint density at radius 2 is 1.84 bits per heavy atom. The molecule has 0 bridgehead atoms. The summed E-state index contributed by atoms with van der Waals surface area (Å²) in [5.41, 5.74) is 0.542. The van der Waals surface area contributed by atoms with Gasteiger partial charge in [-0.25, -0.2) is 0 Å². The molecule has 2 amide bonds. The number of piperidine rings is 1. The number of hydrogen-bond donors (Lipinski definition) is 1. The van der Waals surface area contributed by atoms with E-state index in [0.717, 1.165) is 32.4 Å². The summed E-state index contributed by atoms with van der Waals surface area (Å²) in [5, 5.41) is 3.14. The quantitative estimate of drug-likeness (QED) is 0.866. The molecule has 0 unspecified atom stereocenters. The molecule has 0 atom stereocenters. The van der Waals surface area contributed by atoms with Gasteiger partial charge in [-0.05, 0) is 31.4 Å². The monoisotopic (exact) mass is 280 g/mol. The van der Waals surface area contributed by atoms with Crippen molar-refractivity contribution >= 4 is 29.1 Å². The summed E-state index contributed by atoms with van der Waals surface area (Å²) in [5.74, 6) is -0.423. The van der Waals surface area contributed by atoms with Crippen LogP contribution in [0.1, 0.15) is 25.7 Å². The SMILES string of the molecule is O=C(CC(=O)N1CCCCC1)Nc1ccccc1Cl. The van der Waals surface area contributed by atoms with Gasteiger partial charge in [-0.2, -0.15) is 0 Å². The fourth-order valence-corrected chi connectivity index (χ4v) is 2.33. The zero-order valence-electron chi connectivity index (χ0n) is 10.7. The van der Waals surface area contributed by atoms with Crippen LogP contribution in [-0.4, -0.2) is 29.8 Å². The maximum absolute atomic E-state index is 11.9. The Morgan fingerprint density at radius 3 is 2.53 bits per heavy atom. The van der Waals surface area contributed by atoms with E-state index in [0.29, 0.717) is 10.7 Å². The zero-order valence-corrected chi connectivity index (χ0v) is 11.4. The van der Waals surface area contributed by atoms with Crippen LogP contribution >= 0.6 is 11.6 Å². The molecule has 1 aromatic carbocycles. The van der Waals surface area contributed by atoms with Crippen molar-refractivity contribution in [2.24, 2.45) is 0 Å². The van der Waals surface area contributed by atoms with E-state index in [4.69, 9.17) is 11.6 Å². The number of likely N-dealkylation sites (tertiary alicyclic amines) is 1. The van der Waals surface area contributed by atoms with Crippen LogP contribution in [0.25, 0.3) is 0 Å². The molecule has 1 fully saturated rings. The number of carbonyl (C=O) groups excluding carboxylic acids is 2. The van der Waals surface area contributed by atoms with Gasteiger partial charge >= 0.3 is 0 Å². The van der Waals surface area contributed by atoms with E-state index in [-0.39, 0.29) is 18.2 Å². The molecule has 2 rings (SSSR count). The van der Waals surface area contributed by atoms with Crippen molar-refractivity contribution in [3.63, 3.8) is 0 Å². The highest BCUT2D eigenvalue weighted by molar-refractivity contribution is 6.33. The van der Waals surface area contributed by atoms with Crippen LogP contribution < -0.4 is 5.32 Å². The van der Waals surface area contributed by atoms with Gasteiger partial charge in [-0.1, -0.05) is 23.7 Å². The average molecular weight is 281 g/mol. The van der Waals surface area contributed by atoms with Crippen molar-refractivity contribution in [3.05, 3.63) is 29.3 Å². The molecule has 1 N–H and O–H groups in total. The van der Waals surface area contributed by atoms with Gasteiger partial charge in [0.15, 0.2) is 0 Å². The largest absolute Gasteiger partial charge is 0.342 e. The van der Waals surface area contributed by atoms with Crippen LogP contribution in [0.3, 0.4) is 0 Å². The maximum atomic E-state index is 11.9. The first-order valence-corrected chi connectivity index (χ1v) is 6.87. The molecule has 0 aromatic heterocycles. The summed E-state index contributed by atoms with van der Waals surface area (Å²) in [6.07, 6.45) is 3.09. The highest BCUT2D eigenvalue weighted by atomic mass is 35.5. The number of amides is 2. The molecule has 1 saturated heterocycles. The highest BCUT2D eigenvalue weighted by Crippen LogP contribution is 2.20. The molecule has 1 aromatic rings. The third-order valence-corrected chi connectivity index (χ3v) is 3.50. The lowest BCUT2D eigenvalue weighted by molar-refractivity contribution is -0.135. The molecule has 1 aliphatic heterocycles. The van der Waals surface area contributed by atoms with Gasteiger partial charge in [0.2, 0.25) is 11.8 Å². The number of carbonyl (C=O) groups is 2.